The van der Waals surface area contributed by atoms with Crippen LogP contribution in [0.5, 0.6) is 0 Å². The van der Waals surface area contributed by atoms with Crippen LogP contribution in [0.2, 0.25) is 0 Å². The van der Waals surface area contributed by atoms with Crippen molar-refractivity contribution in [1.82, 2.24) is 4.98 Å². The molecule has 0 unspecified atom stereocenters. The zero-order valence-electron chi connectivity index (χ0n) is 10.2. The van der Waals surface area contributed by atoms with Crippen molar-refractivity contribution < 1.29 is 0 Å². The van der Waals surface area contributed by atoms with Crippen molar-refractivity contribution in [3.05, 3.63) is 29.1 Å². The number of fused-ring (bicyclic) bond motifs is 1. The number of aromatic nitrogens is 1. The van der Waals surface area contributed by atoms with Gasteiger partial charge in [0.25, 0.3) is 0 Å². The van der Waals surface area contributed by atoms with Crippen LogP contribution in [0.3, 0.4) is 0 Å². The summed E-state index contributed by atoms with van der Waals surface area (Å²) in [5.41, 5.74) is 4.14. The molecule has 80 valence electrons. The first kappa shape index (κ1) is 13.2. The van der Waals surface area contributed by atoms with Crippen molar-refractivity contribution >= 4 is 0 Å². The van der Waals surface area contributed by atoms with E-state index >= 15 is 0 Å². The molecule has 1 nitrogen and oxygen atoms in total. The first-order valence-electron chi connectivity index (χ1n) is 5.80. The average Bonchev–Trinajstić information content (AvgIpc) is 2.71. The van der Waals surface area contributed by atoms with E-state index in [1.165, 1.54) is 30.4 Å². The van der Waals surface area contributed by atoms with Gasteiger partial charge in [-0.15, -0.1) is 0 Å². The van der Waals surface area contributed by atoms with Gasteiger partial charge in [-0.25, -0.2) is 0 Å². The molecule has 1 aliphatic carbocycles. The smallest absolute Gasteiger partial charge is 0.0375 e. The summed E-state index contributed by atoms with van der Waals surface area (Å²) in [6, 6.07) is 2.21. The van der Waals surface area contributed by atoms with Gasteiger partial charge in [0, 0.05) is 11.9 Å². The Bertz CT molecular complexity index is 253. The molecule has 0 aliphatic heterocycles. The first-order chi connectivity index (χ1) is 6.86. The van der Waals surface area contributed by atoms with Gasteiger partial charge >= 0.3 is 0 Å². The highest BCUT2D eigenvalue weighted by Gasteiger charge is 2.09. The van der Waals surface area contributed by atoms with E-state index in [1.807, 2.05) is 33.9 Å². The third-order valence-corrected chi connectivity index (χ3v) is 2.11. The lowest BCUT2D eigenvalue weighted by atomic mass is 10.2. The molecule has 0 amide bonds. The maximum Gasteiger partial charge on any atom is 0.0375 e. The Kier molecular flexibility index (Phi) is 7.09. The quantitative estimate of drug-likeness (QED) is 0.608. The average molecular weight is 193 g/mol. The molecule has 0 fully saturated rings. The highest BCUT2D eigenvalue weighted by molar-refractivity contribution is 5.29. The van der Waals surface area contributed by atoms with Gasteiger partial charge in [-0.2, -0.15) is 0 Å². The number of hydrogen-bond donors (Lipinski definition) is 0. The van der Waals surface area contributed by atoms with E-state index in [2.05, 4.69) is 18.0 Å². The molecule has 1 aliphatic rings. The Morgan fingerprint density at radius 2 is 1.57 bits per heavy atom. The van der Waals surface area contributed by atoms with E-state index in [9.17, 15) is 0 Å². The summed E-state index contributed by atoms with van der Waals surface area (Å²) in [7, 11) is 0. The largest absolute Gasteiger partial charge is 0.261 e. The van der Waals surface area contributed by atoms with Crippen LogP contribution in [0.1, 0.15) is 50.9 Å². The third-order valence-electron chi connectivity index (χ3n) is 2.11. The van der Waals surface area contributed by atoms with Crippen LogP contribution in [-0.2, 0) is 12.8 Å². The Labute approximate surface area is 88.6 Å². The molecule has 0 aromatic carbocycles. The molecule has 1 heteroatoms. The summed E-state index contributed by atoms with van der Waals surface area (Å²) in [5.74, 6) is 0. The van der Waals surface area contributed by atoms with Crippen LogP contribution in [0, 0.1) is 6.92 Å². The van der Waals surface area contributed by atoms with E-state index in [0.717, 1.165) is 5.69 Å². The molecule has 2 rings (SSSR count). The molecule has 0 bridgehead atoms. The molecular weight excluding hydrogens is 170 g/mol. The zero-order valence-corrected chi connectivity index (χ0v) is 10.2. The highest BCUT2D eigenvalue weighted by atomic mass is 14.7. The maximum absolute atomic E-state index is 4.25. The summed E-state index contributed by atoms with van der Waals surface area (Å²) >= 11 is 0. The Morgan fingerprint density at radius 3 is 2.21 bits per heavy atom. The molecule has 14 heavy (non-hydrogen) atoms. The van der Waals surface area contributed by atoms with Crippen LogP contribution >= 0.6 is 0 Å². The molecule has 1 heterocycles. The normalized spacial score (nSPS) is 11.8. The molecule has 0 N–H and O–H groups in total. The van der Waals surface area contributed by atoms with Gasteiger partial charge in [0.1, 0.15) is 0 Å². The molecule has 0 spiro atoms. The fourth-order valence-electron chi connectivity index (χ4n) is 1.57. The van der Waals surface area contributed by atoms with Gasteiger partial charge < -0.3 is 0 Å². The number of hydrogen-bond acceptors (Lipinski definition) is 1. The Balaban J connectivity index is 0.000000379. The van der Waals surface area contributed by atoms with Gasteiger partial charge in [0.2, 0.25) is 0 Å². The first-order valence-corrected chi connectivity index (χ1v) is 5.80. The number of nitrogens with zero attached hydrogens (tertiary/aromatic N) is 1. The lowest BCUT2D eigenvalue weighted by molar-refractivity contribution is 0.911. The van der Waals surface area contributed by atoms with Gasteiger partial charge in [0.05, 0.1) is 0 Å². The van der Waals surface area contributed by atoms with Gasteiger partial charge in [-0.3, -0.25) is 4.98 Å². The van der Waals surface area contributed by atoms with Crippen LogP contribution in [0.15, 0.2) is 12.3 Å². The predicted molar refractivity (Wildman–Crippen MR) is 63.7 cm³/mol. The minimum Gasteiger partial charge on any atom is -0.261 e. The van der Waals surface area contributed by atoms with Gasteiger partial charge in [-0.05, 0) is 43.4 Å². The van der Waals surface area contributed by atoms with Crippen molar-refractivity contribution in [3.63, 3.8) is 0 Å². The third kappa shape index (κ3) is 3.49. The van der Waals surface area contributed by atoms with Crippen molar-refractivity contribution in [2.45, 2.75) is 53.9 Å². The highest BCUT2D eigenvalue weighted by Crippen LogP contribution is 2.20. The van der Waals surface area contributed by atoms with Crippen LogP contribution in [-0.4, -0.2) is 4.98 Å². The summed E-state index contributed by atoms with van der Waals surface area (Å²) < 4.78 is 0. The molecule has 0 atom stereocenters. The molecule has 0 saturated heterocycles. The number of pyridine rings is 1. The lowest BCUT2D eigenvalue weighted by Gasteiger charge is -1.97. The summed E-state index contributed by atoms with van der Waals surface area (Å²) in [6.45, 7) is 10.1. The molecular formula is C13H23N. The SMILES string of the molecule is CC.CC.Cc1cc2c(cn1)CCC2. The van der Waals surface area contributed by atoms with E-state index in [4.69, 9.17) is 0 Å². The van der Waals surface area contributed by atoms with Crippen molar-refractivity contribution in [2.75, 3.05) is 0 Å². The standard InChI is InChI=1S/C9H11N.2C2H6/c1-7-5-8-3-2-4-9(8)6-10-7;2*1-2/h5-6H,2-4H2,1H3;2*1-2H3. The van der Waals surface area contributed by atoms with Crippen LogP contribution in [0.25, 0.3) is 0 Å². The van der Waals surface area contributed by atoms with Crippen LogP contribution in [0.4, 0.5) is 0 Å². The van der Waals surface area contributed by atoms with Gasteiger partial charge in [-0.1, -0.05) is 27.7 Å². The van der Waals surface area contributed by atoms with E-state index in [-0.39, 0.29) is 0 Å². The van der Waals surface area contributed by atoms with E-state index < -0.39 is 0 Å². The summed E-state index contributed by atoms with van der Waals surface area (Å²) in [6.07, 6.45) is 5.85. The second kappa shape index (κ2) is 7.54. The minimum absolute atomic E-state index is 1.15. The fraction of sp³-hybridized carbons (Fsp3) is 0.615. The van der Waals surface area contributed by atoms with E-state index in [0.29, 0.717) is 0 Å². The maximum atomic E-state index is 4.25. The molecule has 0 radical (unpaired) electrons. The summed E-state index contributed by atoms with van der Waals surface area (Å²) in [5, 5.41) is 0. The number of aryl methyl sites for hydroxylation is 3. The van der Waals surface area contributed by atoms with Crippen molar-refractivity contribution in [3.8, 4) is 0 Å². The monoisotopic (exact) mass is 193 g/mol. The molecule has 0 saturated carbocycles. The minimum atomic E-state index is 1.15. The number of rotatable bonds is 0. The lowest BCUT2D eigenvalue weighted by Crippen LogP contribution is -1.86. The van der Waals surface area contributed by atoms with E-state index in [1.54, 1.807) is 0 Å². The van der Waals surface area contributed by atoms with Crippen molar-refractivity contribution in [2.24, 2.45) is 0 Å². The topological polar surface area (TPSA) is 12.9 Å². The fourth-order valence-corrected chi connectivity index (χ4v) is 1.57. The summed E-state index contributed by atoms with van der Waals surface area (Å²) in [4.78, 5) is 4.25. The van der Waals surface area contributed by atoms with Crippen molar-refractivity contribution in [1.29, 1.82) is 0 Å². The van der Waals surface area contributed by atoms with Crippen LogP contribution < -0.4 is 0 Å². The Hall–Kier alpha value is -0.850. The second-order valence-electron chi connectivity index (χ2n) is 2.95. The molecule has 1 aromatic rings. The second-order valence-corrected chi connectivity index (χ2v) is 2.95. The zero-order chi connectivity index (χ0) is 11.0. The van der Waals surface area contributed by atoms with Gasteiger partial charge in [0.15, 0.2) is 0 Å². The molecule has 1 aromatic heterocycles. The Morgan fingerprint density at radius 1 is 1.00 bits per heavy atom. The predicted octanol–water partition coefficient (Wildman–Crippen LogP) is 3.93.